The number of hydrogen-bond acceptors (Lipinski definition) is 2. The van der Waals surface area contributed by atoms with Gasteiger partial charge in [-0.1, -0.05) is 59.6 Å². The number of para-hydroxylation sites is 2. The van der Waals surface area contributed by atoms with Crippen molar-refractivity contribution in [2.45, 2.75) is 25.8 Å². The van der Waals surface area contributed by atoms with Crippen LogP contribution in [0.25, 0.3) is 11.0 Å². The van der Waals surface area contributed by atoms with E-state index in [0.29, 0.717) is 18.0 Å². The van der Waals surface area contributed by atoms with Gasteiger partial charge in [-0.3, -0.25) is 4.79 Å². The van der Waals surface area contributed by atoms with Gasteiger partial charge < -0.3 is 9.47 Å². The number of hydrogen-bond donors (Lipinski definition) is 0. The molecule has 1 aromatic heterocycles. The van der Waals surface area contributed by atoms with E-state index in [-0.39, 0.29) is 11.8 Å². The summed E-state index contributed by atoms with van der Waals surface area (Å²) in [6.07, 6.45) is 0.448. The molecule has 1 atom stereocenters. The van der Waals surface area contributed by atoms with E-state index in [4.69, 9.17) is 16.6 Å². The average Bonchev–Trinajstić information content (AvgIpc) is 3.30. The van der Waals surface area contributed by atoms with Crippen molar-refractivity contribution in [2.75, 3.05) is 11.4 Å². The molecule has 0 unspecified atom stereocenters. The summed E-state index contributed by atoms with van der Waals surface area (Å²) in [4.78, 5) is 19.6. The van der Waals surface area contributed by atoms with Crippen LogP contribution in [0.15, 0.2) is 72.8 Å². The maximum absolute atomic E-state index is 12.8. The lowest BCUT2D eigenvalue weighted by atomic mass is 10.1. The molecule has 1 fully saturated rings. The topological polar surface area (TPSA) is 38.1 Å². The minimum Gasteiger partial charge on any atom is -0.323 e. The molecule has 0 radical (unpaired) electrons. The number of carbonyl (C=O) groups excluding carboxylic acids is 1. The second-order valence-corrected chi connectivity index (χ2v) is 8.35. The number of fused-ring (bicyclic) bond motifs is 1. The SMILES string of the molecule is Cc1ccc(Cn2c([C@@H]3CC(=O)N(c4cccc(Cl)c4)C3)nc3ccccc32)cc1. The van der Waals surface area contributed by atoms with Gasteiger partial charge in [0, 0.05) is 36.1 Å². The monoisotopic (exact) mass is 415 g/mol. The fraction of sp³-hybridized carbons (Fsp3) is 0.200. The van der Waals surface area contributed by atoms with E-state index in [1.54, 1.807) is 0 Å². The molecular weight excluding hydrogens is 394 g/mol. The Morgan fingerprint density at radius 1 is 1.03 bits per heavy atom. The minimum atomic E-state index is 0.0364. The van der Waals surface area contributed by atoms with Crippen molar-refractivity contribution in [1.82, 2.24) is 9.55 Å². The van der Waals surface area contributed by atoms with Crippen LogP contribution in [0.3, 0.4) is 0 Å². The standard InChI is InChI=1S/C25H22ClN3O/c1-17-9-11-18(12-10-17)15-29-23-8-3-2-7-22(23)27-25(29)19-13-24(30)28(16-19)21-6-4-5-20(26)14-21/h2-12,14,19H,13,15-16H2,1H3/t19-/m1/s1. The number of aryl methyl sites for hydroxylation is 1. The van der Waals surface area contributed by atoms with Crippen LogP contribution in [0.5, 0.6) is 0 Å². The number of rotatable bonds is 4. The van der Waals surface area contributed by atoms with Crippen LogP contribution in [0, 0.1) is 6.92 Å². The summed E-state index contributed by atoms with van der Waals surface area (Å²) in [6, 6.07) is 24.3. The van der Waals surface area contributed by atoms with Crippen LogP contribution in [-0.2, 0) is 11.3 Å². The lowest BCUT2D eigenvalue weighted by Crippen LogP contribution is -2.24. The third-order valence-corrected chi connectivity index (χ3v) is 5.99. The van der Waals surface area contributed by atoms with Crippen LogP contribution in [0.2, 0.25) is 5.02 Å². The van der Waals surface area contributed by atoms with Crippen LogP contribution < -0.4 is 4.90 Å². The molecule has 30 heavy (non-hydrogen) atoms. The molecule has 1 saturated heterocycles. The molecule has 0 spiro atoms. The molecule has 1 aliphatic rings. The molecule has 2 heterocycles. The maximum atomic E-state index is 12.8. The highest BCUT2D eigenvalue weighted by molar-refractivity contribution is 6.30. The minimum absolute atomic E-state index is 0.0364. The highest BCUT2D eigenvalue weighted by atomic mass is 35.5. The van der Waals surface area contributed by atoms with Gasteiger partial charge in [-0.25, -0.2) is 4.98 Å². The van der Waals surface area contributed by atoms with E-state index in [9.17, 15) is 4.79 Å². The van der Waals surface area contributed by atoms with Crippen molar-refractivity contribution >= 4 is 34.2 Å². The van der Waals surface area contributed by atoms with Crippen molar-refractivity contribution in [3.63, 3.8) is 0 Å². The number of amides is 1. The highest BCUT2D eigenvalue weighted by Gasteiger charge is 2.34. The number of imidazole rings is 1. The summed E-state index contributed by atoms with van der Waals surface area (Å²) in [5.41, 5.74) is 5.38. The van der Waals surface area contributed by atoms with Crippen LogP contribution >= 0.6 is 11.6 Å². The van der Waals surface area contributed by atoms with Crippen molar-refractivity contribution in [3.05, 3.63) is 94.8 Å². The van der Waals surface area contributed by atoms with Gasteiger partial charge in [0.15, 0.2) is 0 Å². The fourth-order valence-corrected chi connectivity index (χ4v) is 4.41. The molecule has 5 rings (SSSR count). The largest absolute Gasteiger partial charge is 0.323 e. The summed E-state index contributed by atoms with van der Waals surface area (Å²) in [5, 5.41) is 0.635. The van der Waals surface area contributed by atoms with E-state index in [0.717, 1.165) is 29.1 Å². The Morgan fingerprint density at radius 3 is 2.63 bits per heavy atom. The highest BCUT2D eigenvalue weighted by Crippen LogP contribution is 2.34. The first-order valence-corrected chi connectivity index (χ1v) is 10.5. The molecule has 0 aliphatic carbocycles. The van der Waals surface area contributed by atoms with E-state index in [1.165, 1.54) is 11.1 Å². The second-order valence-electron chi connectivity index (χ2n) is 7.92. The van der Waals surface area contributed by atoms with Gasteiger partial charge in [-0.15, -0.1) is 0 Å². The predicted octanol–water partition coefficient (Wildman–Crippen LogP) is 5.57. The Hall–Kier alpha value is -3.11. The molecule has 0 saturated carbocycles. The molecule has 4 nitrogen and oxygen atoms in total. The maximum Gasteiger partial charge on any atom is 0.227 e. The van der Waals surface area contributed by atoms with E-state index >= 15 is 0 Å². The van der Waals surface area contributed by atoms with E-state index in [1.807, 2.05) is 47.4 Å². The quantitative estimate of drug-likeness (QED) is 0.437. The Balaban J connectivity index is 1.52. The molecule has 150 valence electrons. The van der Waals surface area contributed by atoms with Crippen molar-refractivity contribution in [3.8, 4) is 0 Å². The zero-order chi connectivity index (χ0) is 20.7. The normalized spacial score (nSPS) is 16.5. The molecule has 5 heteroatoms. The zero-order valence-corrected chi connectivity index (χ0v) is 17.5. The summed E-state index contributed by atoms with van der Waals surface area (Å²) < 4.78 is 2.26. The van der Waals surface area contributed by atoms with E-state index < -0.39 is 0 Å². The Labute approximate surface area is 180 Å². The van der Waals surface area contributed by atoms with Gasteiger partial charge in [-0.05, 0) is 42.8 Å². The first-order chi connectivity index (χ1) is 14.6. The van der Waals surface area contributed by atoms with Crippen LogP contribution in [0.4, 0.5) is 5.69 Å². The first-order valence-electron chi connectivity index (χ1n) is 10.1. The van der Waals surface area contributed by atoms with Crippen molar-refractivity contribution in [1.29, 1.82) is 0 Å². The fourth-order valence-electron chi connectivity index (χ4n) is 4.22. The van der Waals surface area contributed by atoms with Crippen molar-refractivity contribution in [2.24, 2.45) is 0 Å². The Kier molecular flexibility index (Phi) is 4.80. The molecule has 1 aliphatic heterocycles. The number of halogens is 1. The summed E-state index contributed by atoms with van der Waals surface area (Å²) in [6.45, 7) is 3.44. The number of carbonyl (C=O) groups is 1. The zero-order valence-electron chi connectivity index (χ0n) is 16.8. The molecule has 1 amide bonds. The molecule has 0 bridgehead atoms. The van der Waals surface area contributed by atoms with Gasteiger partial charge in [0.25, 0.3) is 0 Å². The van der Waals surface area contributed by atoms with Gasteiger partial charge >= 0.3 is 0 Å². The predicted molar refractivity (Wildman–Crippen MR) is 121 cm³/mol. The summed E-state index contributed by atoms with van der Waals surface area (Å²) >= 11 is 6.15. The Morgan fingerprint density at radius 2 is 1.83 bits per heavy atom. The molecule has 0 N–H and O–H groups in total. The second kappa shape index (κ2) is 7.62. The first kappa shape index (κ1) is 18.9. The molecule has 4 aromatic rings. The third-order valence-electron chi connectivity index (χ3n) is 5.76. The van der Waals surface area contributed by atoms with Gasteiger partial charge in [-0.2, -0.15) is 0 Å². The molecular formula is C25H22ClN3O. The van der Waals surface area contributed by atoms with Crippen LogP contribution in [0.1, 0.15) is 29.3 Å². The summed E-state index contributed by atoms with van der Waals surface area (Å²) in [7, 11) is 0. The smallest absolute Gasteiger partial charge is 0.227 e. The van der Waals surface area contributed by atoms with Crippen molar-refractivity contribution < 1.29 is 4.79 Å². The van der Waals surface area contributed by atoms with Gasteiger partial charge in [0.1, 0.15) is 5.82 Å². The lowest BCUT2D eigenvalue weighted by molar-refractivity contribution is -0.117. The molecule has 3 aromatic carbocycles. The van der Waals surface area contributed by atoms with Gasteiger partial charge in [0.2, 0.25) is 5.91 Å². The third kappa shape index (κ3) is 3.48. The lowest BCUT2D eigenvalue weighted by Gasteiger charge is -2.18. The number of anilines is 1. The average molecular weight is 416 g/mol. The van der Waals surface area contributed by atoms with E-state index in [2.05, 4.69) is 41.8 Å². The van der Waals surface area contributed by atoms with Gasteiger partial charge in [0.05, 0.1) is 11.0 Å². The van der Waals surface area contributed by atoms with Crippen LogP contribution in [-0.4, -0.2) is 22.0 Å². The number of aromatic nitrogens is 2. The summed E-state index contributed by atoms with van der Waals surface area (Å²) in [5.74, 6) is 1.11. The number of benzene rings is 3. The number of nitrogens with zero attached hydrogens (tertiary/aromatic N) is 3. The Bertz CT molecular complexity index is 1230.